The second-order valence-electron chi connectivity index (χ2n) is 28.5. The average Bonchev–Trinajstić information content (AvgIpc) is 0.744. The number of aliphatic hydroxyl groups excluding tert-OH is 26. The standard InChI is InChI=1S/C58H100N2O55P2/c59-19-25(74)24(73)17(99-49(19)88)8-97-50-20(60)26(75)40(115-117(94,95)96)18(103-50)9-98-58(57(89)90)1-13(114-116(91,92)93)41(39(113-58)12(69)4-63)106-56-47(112-53-36(85)29(78)23(72)16(7-66)102-53)46(45(38(105-56)11(68)3-62)110-52-35(84)28(77)22(71)15(6-65)101-52)111-54-44(32(81)30(79)37(104-54)10(67)2-61)109-55-43(33(82)31(80)42(107-55)48(86)87)108-51-34(83)27(76)21(70)14(5-64)100-51/h10-47,49-56,61-85,88H,1-9,59-60H2,(H,86,87)(H,89,90)(H2,91,92,93)(H2,94,95,96)/t10-,11-,12+,13+,14+,15+,16+,17+,18+,19+,20+,21+,22+,23+,24+,25+,26+,27-,28-,29-,30-,31-,32-,33-,34+,35+,36+,37+,38+,39+,40+,41+,42-,43+,44-,45+,46-,47-,49-,50+,51+,52-,53-,54+,55+,56+,58+/m0/s1. The van der Waals surface area contributed by atoms with Crippen molar-refractivity contribution in [1.82, 2.24) is 0 Å². The Kier molecular flexibility index (Phi) is 34.2. The van der Waals surface area contributed by atoms with Gasteiger partial charge in [-0.2, -0.15) is 0 Å². The molecule has 9 rings (SSSR count). The largest absolute Gasteiger partial charge is 0.479 e. The van der Waals surface area contributed by atoms with E-state index in [1.807, 2.05) is 0 Å². The van der Waals surface area contributed by atoms with Crippen molar-refractivity contribution in [3.63, 3.8) is 0 Å². The number of aliphatic carboxylic acids is 2. The first-order chi connectivity index (χ1) is 54.7. The van der Waals surface area contributed by atoms with Crippen LogP contribution in [0.3, 0.4) is 0 Å². The van der Waals surface area contributed by atoms with E-state index in [1.54, 1.807) is 0 Å². The molecule has 682 valence electrons. The number of carboxylic acid groups (broad SMARTS) is 2. The first-order valence-electron chi connectivity index (χ1n) is 35.5. The number of carbonyl (C=O) groups is 2. The van der Waals surface area contributed by atoms with Crippen molar-refractivity contribution in [1.29, 1.82) is 0 Å². The van der Waals surface area contributed by atoms with Crippen LogP contribution < -0.4 is 11.5 Å². The molecule has 57 nitrogen and oxygen atoms in total. The number of hydrogen-bond donors (Lipinski definition) is 34. The van der Waals surface area contributed by atoms with Crippen molar-refractivity contribution in [2.24, 2.45) is 11.5 Å². The van der Waals surface area contributed by atoms with Gasteiger partial charge >= 0.3 is 27.6 Å². The molecular formula is C58H100N2O55P2. The summed E-state index contributed by atoms with van der Waals surface area (Å²) in [5.74, 6) is -8.38. The zero-order valence-electron chi connectivity index (χ0n) is 60.2. The van der Waals surface area contributed by atoms with Crippen LogP contribution in [0.4, 0.5) is 0 Å². The molecule has 0 spiro atoms. The lowest BCUT2D eigenvalue weighted by molar-refractivity contribution is -0.431. The molecule has 0 aromatic rings. The molecule has 9 aliphatic heterocycles. The predicted molar refractivity (Wildman–Crippen MR) is 347 cm³/mol. The fraction of sp³-hybridized carbons (Fsp3) is 0.966. The summed E-state index contributed by atoms with van der Waals surface area (Å²) in [6, 6.07) is -3.58. The summed E-state index contributed by atoms with van der Waals surface area (Å²) in [5.41, 5.74) is 11.8. The van der Waals surface area contributed by atoms with E-state index in [2.05, 4.69) is 0 Å². The van der Waals surface area contributed by atoms with Crippen LogP contribution in [0, 0.1) is 0 Å². The van der Waals surface area contributed by atoms with Gasteiger partial charge in [0.2, 0.25) is 0 Å². The van der Waals surface area contributed by atoms with E-state index < -0.39 is 375 Å². The van der Waals surface area contributed by atoms with Crippen molar-refractivity contribution < 1.29 is 271 Å². The highest BCUT2D eigenvalue weighted by atomic mass is 31.2. The fourth-order valence-corrected chi connectivity index (χ4v) is 15.3. The highest BCUT2D eigenvalue weighted by molar-refractivity contribution is 7.46. The molecule has 36 N–H and O–H groups in total. The Morgan fingerprint density at radius 1 is 0.376 bits per heavy atom. The van der Waals surface area contributed by atoms with Gasteiger partial charge in [0.1, 0.15) is 214 Å². The molecule has 0 aromatic carbocycles. The fourth-order valence-electron chi connectivity index (χ4n) is 14.2. The lowest BCUT2D eigenvalue weighted by Gasteiger charge is -2.54. The van der Waals surface area contributed by atoms with E-state index in [9.17, 15) is 181 Å². The van der Waals surface area contributed by atoms with Gasteiger partial charge in [-0.3, -0.25) is 9.05 Å². The number of nitrogens with two attached hydrogens (primary N) is 2. The van der Waals surface area contributed by atoms with Crippen molar-refractivity contribution in [2.45, 2.75) is 294 Å². The van der Waals surface area contributed by atoms with Crippen molar-refractivity contribution in [2.75, 3.05) is 52.9 Å². The van der Waals surface area contributed by atoms with E-state index in [4.69, 9.17) is 101 Å². The van der Waals surface area contributed by atoms with Gasteiger partial charge in [-0.05, 0) is 0 Å². The minimum Gasteiger partial charge on any atom is -0.479 e. The van der Waals surface area contributed by atoms with E-state index in [0.29, 0.717) is 0 Å². The number of carboxylic acids is 2. The third-order valence-corrected chi connectivity index (χ3v) is 21.7. The molecule has 47 atom stereocenters. The second kappa shape index (κ2) is 40.8. The summed E-state index contributed by atoms with van der Waals surface area (Å²) >= 11 is 0. The molecule has 117 heavy (non-hydrogen) atoms. The van der Waals surface area contributed by atoms with Gasteiger partial charge in [0.25, 0.3) is 5.79 Å². The van der Waals surface area contributed by atoms with Crippen LogP contribution in [0.25, 0.3) is 0 Å². The Balaban J connectivity index is 1.20. The van der Waals surface area contributed by atoms with Gasteiger partial charge in [0, 0.05) is 6.42 Å². The molecule has 0 amide bonds. The summed E-state index contributed by atoms with van der Waals surface area (Å²) in [4.78, 5) is 68.1. The maximum absolute atomic E-state index is 14.0. The quantitative estimate of drug-likeness (QED) is 0.0271. The van der Waals surface area contributed by atoms with Crippen LogP contribution in [-0.4, -0.2) is 515 Å². The second-order valence-corrected chi connectivity index (χ2v) is 30.9. The minimum absolute atomic E-state index is 0.958. The number of rotatable bonds is 33. The molecule has 9 heterocycles. The molecular weight excluding hydrogens is 1670 g/mol. The zero-order valence-corrected chi connectivity index (χ0v) is 62.0. The van der Waals surface area contributed by atoms with E-state index in [-0.39, 0.29) is 0 Å². The van der Waals surface area contributed by atoms with E-state index in [0.717, 1.165) is 0 Å². The first-order valence-corrected chi connectivity index (χ1v) is 38.6. The maximum Gasteiger partial charge on any atom is 0.470 e. The highest BCUT2D eigenvalue weighted by Crippen LogP contribution is 2.49. The summed E-state index contributed by atoms with van der Waals surface area (Å²) in [5, 5.41) is 309. The van der Waals surface area contributed by atoms with Crippen molar-refractivity contribution in [3.05, 3.63) is 0 Å². The van der Waals surface area contributed by atoms with E-state index >= 15 is 0 Å². The lowest BCUT2D eigenvalue weighted by atomic mass is 9.90. The van der Waals surface area contributed by atoms with Crippen LogP contribution in [-0.2, 0) is 108 Å². The Bertz CT molecular complexity index is 3230. The normalized spacial score (nSPS) is 48.7. The topological polar surface area (TPSA) is 943 Å². The lowest BCUT2D eigenvalue weighted by Crippen LogP contribution is -2.72. The third kappa shape index (κ3) is 21.7. The van der Waals surface area contributed by atoms with Gasteiger partial charge in [-0.25, -0.2) is 18.7 Å². The summed E-state index contributed by atoms with van der Waals surface area (Å²) in [6.07, 6.45) is -113. The number of aliphatic hydroxyl groups is 26. The molecule has 9 saturated heterocycles. The Morgan fingerprint density at radius 3 is 1.26 bits per heavy atom. The molecule has 9 fully saturated rings. The summed E-state index contributed by atoms with van der Waals surface area (Å²) in [6.45, 7) is -11.2. The Labute approximate surface area is 655 Å². The molecule has 0 saturated carbocycles. The predicted octanol–water partition coefficient (Wildman–Crippen LogP) is -21.8. The molecule has 0 radical (unpaired) electrons. The minimum atomic E-state index is -6.35. The Morgan fingerprint density at radius 2 is 0.786 bits per heavy atom. The van der Waals surface area contributed by atoms with Gasteiger partial charge in [-0.15, -0.1) is 0 Å². The number of phosphoric ester groups is 2. The van der Waals surface area contributed by atoms with Crippen LogP contribution in [0.5, 0.6) is 0 Å². The van der Waals surface area contributed by atoms with E-state index in [1.165, 1.54) is 0 Å². The van der Waals surface area contributed by atoms with Gasteiger partial charge in [0.05, 0.1) is 64.9 Å². The third-order valence-electron chi connectivity index (χ3n) is 20.6. The van der Waals surface area contributed by atoms with Crippen LogP contribution in [0.1, 0.15) is 6.42 Å². The first kappa shape index (κ1) is 98.2. The molecule has 0 aromatic heterocycles. The van der Waals surface area contributed by atoms with Gasteiger partial charge in [-0.1, -0.05) is 0 Å². The van der Waals surface area contributed by atoms with Crippen LogP contribution in [0.2, 0.25) is 0 Å². The number of ether oxygens (including phenoxy) is 17. The number of hydrogen-bond acceptors (Lipinski definition) is 51. The zero-order chi connectivity index (χ0) is 87.0. The van der Waals surface area contributed by atoms with Crippen LogP contribution in [0.15, 0.2) is 0 Å². The SMILES string of the molecule is N[C@@H]1[C@@H](O)[C@H](O)[C@@H](CO[C@@H]2O[C@H](CO[C@]3(C(=O)O)C[C@@H](OP(=O)(O)O)[C@@H](O[C@H]4O[C@H]([C@@H](O)CO)[C@@H](O[C@@H]5O[C@H](CO)[C@@H](O)[C@H](O)[C@H]5O)[C@H](O[C@H]5O[C@H]([C@@H](O)CO)[C@@H](O)[C@H](O)[C@@H]5O[C@H]5O[C@H](C(=O)O)[C@@H](O)[C@H](O)[C@H]5O[C@H]5O[C@H](CO)[C@@H](O)[C@H](O)[C@H]5O)[C@@H]4O[C@@H]4O[C@H](CO)[C@@H](O)[C@H](O)[C@H]4O)[C@@H]([C@H](O)CO)O3)[C@@H](OP(=O)(O)O)[C@H](O)[C@H]2N)O[C@@H]1O. The Hall–Kier alpha value is -2.64. The molecule has 9 aliphatic rings. The summed E-state index contributed by atoms with van der Waals surface area (Å²) < 4.78 is 135. The average molecular weight is 1770 g/mol. The summed E-state index contributed by atoms with van der Waals surface area (Å²) in [7, 11) is -12.2. The van der Waals surface area contributed by atoms with Crippen molar-refractivity contribution in [3.8, 4) is 0 Å². The highest BCUT2D eigenvalue weighted by Gasteiger charge is 2.65. The van der Waals surface area contributed by atoms with Gasteiger partial charge in [0.15, 0.2) is 56.4 Å². The van der Waals surface area contributed by atoms with Crippen molar-refractivity contribution >= 4 is 27.6 Å². The maximum atomic E-state index is 14.0. The molecule has 0 bridgehead atoms. The molecule has 0 aliphatic carbocycles. The molecule has 0 unspecified atom stereocenters. The smallest absolute Gasteiger partial charge is 0.470 e. The molecule has 59 heteroatoms. The monoisotopic (exact) mass is 1770 g/mol. The number of phosphoric acid groups is 2. The van der Waals surface area contributed by atoms with Crippen LogP contribution >= 0.6 is 15.6 Å². The van der Waals surface area contributed by atoms with Gasteiger partial charge < -0.3 is 255 Å².